The molecule has 3 unspecified atom stereocenters. The molecule has 0 radical (unpaired) electrons. The molecule has 0 aliphatic carbocycles. The van der Waals surface area contributed by atoms with E-state index in [9.17, 15) is 0 Å². The quantitative estimate of drug-likeness (QED) is 0.722. The number of hydrogen-bond donors (Lipinski definition) is 1. The largest absolute Gasteiger partial charge is 0.309 e. The molecule has 0 saturated heterocycles. The molecular formula is C14H31NS. The normalized spacial score (nSPS) is 18.2. The second kappa shape index (κ2) is 7.60. The molecule has 16 heavy (non-hydrogen) atoms. The predicted molar refractivity (Wildman–Crippen MR) is 78.3 cm³/mol. The molecule has 0 aromatic carbocycles. The summed E-state index contributed by atoms with van der Waals surface area (Å²) in [6.07, 6.45) is 4.86. The molecule has 0 aliphatic heterocycles. The first kappa shape index (κ1) is 16.3. The Labute approximate surface area is 107 Å². The van der Waals surface area contributed by atoms with Gasteiger partial charge in [0.05, 0.1) is 0 Å². The Morgan fingerprint density at radius 2 is 1.75 bits per heavy atom. The lowest BCUT2D eigenvalue weighted by molar-refractivity contribution is 0.276. The van der Waals surface area contributed by atoms with Crippen molar-refractivity contribution in [3.63, 3.8) is 0 Å². The van der Waals surface area contributed by atoms with E-state index < -0.39 is 0 Å². The minimum absolute atomic E-state index is 0.228. The van der Waals surface area contributed by atoms with Crippen LogP contribution in [-0.4, -0.2) is 23.6 Å². The van der Waals surface area contributed by atoms with Crippen LogP contribution in [0.5, 0.6) is 0 Å². The smallest absolute Gasteiger partial charge is 0.00991 e. The van der Waals surface area contributed by atoms with E-state index in [4.69, 9.17) is 0 Å². The molecule has 0 bridgehead atoms. The van der Waals surface area contributed by atoms with Crippen LogP contribution in [0.3, 0.4) is 0 Å². The van der Waals surface area contributed by atoms with Gasteiger partial charge in [0.2, 0.25) is 0 Å². The predicted octanol–water partition coefficient (Wildman–Crippen LogP) is 4.18. The van der Waals surface area contributed by atoms with Gasteiger partial charge < -0.3 is 5.32 Å². The van der Waals surface area contributed by atoms with Crippen LogP contribution in [0.2, 0.25) is 0 Å². The lowest BCUT2D eigenvalue weighted by Crippen LogP contribution is -2.46. The zero-order chi connectivity index (χ0) is 12.8. The Bertz CT molecular complexity index is 174. The van der Waals surface area contributed by atoms with E-state index in [0.29, 0.717) is 6.04 Å². The van der Waals surface area contributed by atoms with Crippen LogP contribution < -0.4 is 5.32 Å². The third-order valence-electron chi connectivity index (χ3n) is 3.15. The van der Waals surface area contributed by atoms with Gasteiger partial charge in [0.15, 0.2) is 0 Å². The van der Waals surface area contributed by atoms with Crippen molar-refractivity contribution in [2.24, 2.45) is 11.8 Å². The summed E-state index contributed by atoms with van der Waals surface area (Å²) in [5, 5.41) is 3.72. The molecule has 3 atom stereocenters. The minimum Gasteiger partial charge on any atom is -0.309 e. The molecule has 0 rings (SSSR count). The van der Waals surface area contributed by atoms with Crippen LogP contribution in [0.4, 0.5) is 0 Å². The van der Waals surface area contributed by atoms with E-state index in [1.807, 2.05) is 11.8 Å². The third kappa shape index (κ3) is 7.56. The monoisotopic (exact) mass is 245 g/mol. The molecule has 2 heteroatoms. The Morgan fingerprint density at radius 1 is 1.19 bits per heavy atom. The average molecular weight is 245 g/mol. The highest BCUT2D eigenvalue weighted by Gasteiger charge is 2.22. The summed E-state index contributed by atoms with van der Waals surface area (Å²) >= 11 is 1.98. The molecule has 0 aromatic heterocycles. The van der Waals surface area contributed by atoms with Gasteiger partial charge in [-0.15, -0.1) is 0 Å². The van der Waals surface area contributed by atoms with Crippen LogP contribution in [0.1, 0.15) is 54.4 Å². The maximum absolute atomic E-state index is 3.72. The topological polar surface area (TPSA) is 12.0 Å². The number of rotatable bonds is 7. The summed E-state index contributed by atoms with van der Waals surface area (Å²) in [7, 11) is 0. The van der Waals surface area contributed by atoms with E-state index in [1.165, 1.54) is 18.6 Å². The van der Waals surface area contributed by atoms with Gasteiger partial charge in [0, 0.05) is 11.6 Å². The first-order valence-corrected chi connectivity index (χ1v) is 7.96. The summed E-state index contributed by atoms with van der Waals surface area (Å²) < 4.78 is 0. The molecule has 1 N–H and O–H groups in total. The zero-order valence-corrected chi connectivity index (χ0v) is 13.1. The van der Waals surface area contributed by atoms with Gasteiger partial charge >= 0.3 is 0 Å². The lowest BCUT2D eigenvalue weighted by atomic mass is 9.89. The number of thioether (sulfide) groups is 1. The van der Waals surface area contributed by atoms with Crippen molar-refractivity contribution in [2.75, 3.05) is 12.0 Å². The minimum atomic E-state index is 0.228. The van der Waals surface area contributed by atoms with Gasteiger partial charge in [-0.05, 0) is 58.0 Å². The van der Waals surface area contributed by atoms with Crippen molar-refractivity contribution in [3.8, 4) is 0 Å². The third-order valence-corrected chi connectivity index (χ3v) is 3.91. The highest BCUT2D eigenvalue weighted by Crippen LogP contribution is 2.22. The summed E-state index contributed by atoms with van der Waals surface area (Å²) in [6, 6.07) is 0.612. The SMILES string of the molecule is CCC(C)CC(CSC)C(C)NC(C)(C)C. The molecule has 0 amide bonds. The van der Waals surface area contributed by atoms with E-state index in [-0.39, 0.29) is 5.54 Å². The van der Waals surface area contributed by atoms with Gasteiger partial charge in [-0.3, -0.25) is 0 Å². The molecule has 1 nitrogen and oxygen atoms in total. The highest BCUT2D eigenvalue weighted by molar-refractivity contribution is 7.98. The average Bonchev–Trinajstić information content (AvgIpc) is 2.14. The van der Waals surface area contributed by atoms with Crippen molar-refractivity contribution in [3.05, 3.63) is 0 Å². The van der Waals surface area contributed by atoms with Gasteiger partial charge in [-0.25, -0.2) is 0 Å². The molecule has 0 aromatic rings. The first-order chi connectivity index (χ1) is 7.30. The van der Waals surface area contributed by atoms with E-state index in [2.05, 4.69) is 53.1 Å². The Hall–Kier alpha value is 0.310. The Kier molecular flexibility index (Phi) is 7.75. The van der Waals surface area contributed by atoms with Gasteiger partial charge in [-0.1, -0.05) is 20.3 Å². The summed E-state index contributed by atoms with van der Waals surface area (Å²) in [5.41, 5.74) is 0.228. The van der Waals surface area contributed by atoms with Crippen molar-refractivity contribution < 1.29 is 0 Å². The summed E-state index contributed by atoms with van der Waals surface area (Å²) in [6.45, 7) is 13.8. The number of hydrogen-bond acceptors (Lipinski definition) is 2. The molecule has 0 heterocycles. The second-order valence-corrected chi connectivity index (χ2v) is 7.06. The summed E-state index contributed by atoms with van der Waals surface area (Å²) in [5.74, 6) is 2.92. The number of nitrogens with one attached hydrogen (secondary N) is 1. The van der Waals surface area contributed by atoms with Gasteiger partial charge in [0.25, 0.3) is 0 Å². The van der Waals surface area contributed by atoms with Crippen molar-refractivity contribution in [1.82, 2.24) is 5.32 Å². The standard InChI is InChI=1S/C14H31NS/c1-8-11(2)9-13(10-16-7)12(3)15-14(4,5)6/h11-13,15H,8-10H2,1-7H3. The fraction of sp³-hybridized carbons (Fsp3) is 1.00. The van der Waals surface area contributed by atoms with Crippen LogP contribution >= 0.6 is 11.8 Å². The molecular weight excluding hydrogens is 214 g/mol. The molecule has 0 aliphatic rings. The fourth-order valence-electron chi connectivity index (χ4n) is 2.11. The Balaban J connectivity index is 4.28. The van der Waals surface area contributed by atoms with Crippen molar-refractivity contribution >= 4 is 11.8 Å². The highest BCUT2D eigenvalue weighted by atomic mass is 32.2. The van der Waals surface area contributed by atoms with Crippen LogP contribution in [0, 0.1) is 11.8 Å². The lowest BCUT2D eigenvalue weighted by Gasteiger charge is -2.33. The summed E-state index contributed by atoms with van der Waals surface area (Å²) in [4.78, 5) is 0. The van der Waals surface area contributed by atoms with Crippen LogP contribution in [0.25, 0.3) is 0 Å². The van der Waals surface area contributed by atoms with E-state index >= 15 is 0 Å². The maximum atomic E-state index is 3.72. The van der Waals surface area contributed by atoms with Gasteiger partial charge in [-0.2, -0.15) is 11.8 Å². The van der Waals surface area contributed by atoms with Crippen molar-refractivity contribution in [2.45, 2.75) is 66.0 Å². The zero-order valence-electron chi connectivity index (χ0n) is 12.3. The second-order valence-electron chi connectivity index (χ2n) is 6.15. The first-order valence-electron chi connectivity index (χ1n) is 6.56. The van der Waals surface area contributed by atoms with Crippen LogP contribution in [-0.2, 0) is 0 Å². The van der Waals surface area contributed by atoms with E-state index in [0.717, 1.165) is 11.8 Å². The molecule has 98 valence electrons. The Morgan fingerprint density at radius 3 is 2.12 bits per heavy atom. The van der Waals surface area contributed by atoms with E-state index in [1.54, 1.807) is 0 Å². The fourth-order valence-corrected chi connectivity index (χ4v) is 2.97. The molecule has 0 fully saturated rings. The van der Waals surface area contributed by atoms with Gasteiger partial charge in [0.1, 0.15) is 0 Å². The maximum Gasteiger partial charge on any atom is 0.00991 e. The molecule has 0 saturated carbocycles. The van der Waals surface area contributed by atoms with Crippen LogP contribution in [0.15, 0.2) is 0 Å². The molecule has 0 spiro atoms. The van der Waals surface area contributed by atoms with Crippen molar-refractivity contribution in [1.29, 1.82) is 0 Å².